The van der Waals surface area contributed by atoms with Crippen LogP contribution >= 0.6 is 11.3 Å². The SMILES string of the molecule is Cc1nc(CCNC(=O)C(C)Oc2cccc(C)c2C)cs1. The van der Waals surface area contributed by atoms with Gasteiger partial charge in [0.2, 0.25) is 0 Å². The van der Waals surface area contributed by atoms with Gasteiger partial charge in [-0.3, -0.25) is 4.79 Å². The third kappa shape index (κ3) is 4.31. The van der Waals surface area contributed by atoms with Crippen LogP contribution < -0.4 is 10.1 Å². The van der Waals surface area contributed by atoms with Gasteiger partial charge in [0.1, 0.15) is 5.75 Å². The summed E-state index contributed by atoms with van der Waals surface area (Å²) in [4.78, 5) is 16.5. The van der Waals surface area contributed by atoms with Crippen molar-refractivity contribution in [2.45, 2.75) is 40.2 Å². The minimum atomic E-state index is -0.516. The zero-order chi connectivity index (χ0) is 16.1. The lowest BCUT2D eigenvalue weighted by Crippen LogP contribution is -2.37. The summed E-state index contributed by atoms with van der Waals surface area (Å²) in [6, 6.07) is 5.86. The molecular formula is C17H22N2O2S. The van der Waals surface area contributed by atoms with Crippen LogP contribution in [0, 0.1) is 20.8 Å². The molecule has 0 radical (unpaired) electrons. The minimum absolute atomic E-state index is 0.104. The maximum absolute atomic E-state index is 12.1. The molecule has 1 heterocycles. The lowest BCUT2D eigenvalue weighted by Gasteiger charge is -2.17. The van der Waals surface area contributed by atoms with Gasteiger partial charge in [-0.15, -0.1) is 11.3 Å². The maximum Gasteiger partial charge on any atom is 0.260 e. The Kier molecular flexibility index (Phi) is 5.55. The van der Waals surface area contributed by atoms with E-state index in [2.05, 4.69) is 10.3 Å². The van der Waals surface area contributed by atoms with Gasteiger partial charge in [0.15, 0.2) is 6.10 Å². The van der Waals surface area contributed by atoms with Gasteiger partial charge in [-0.1, -0.05) is 12.1 Å². The molecular weight excluding hydrogens is 296 g/mol. The monoisotopic (exact) mass is 318 g/mol. The highest BCUT2D eigenvalue weighted by Crippen LogP contribution is 2.21. The number of thiazole rings is 1. The molecule has 1 aromatic heterocycles. The molecule has 0 aliphatic heterocycles. The van der Waals surface area contributed by atoms with E-state index in [-0.39, 0.29) is 5.91 Å². The number of amides is 1. The molecule has 1 amide bonds. The highest BCUT2D eigenvalue weighted by atomic mass is 32.1. The van der Waals surface area contributed by atoms with Crippen molar-refractivity contribution in [3.8, 4) is 5.75 Å². The molecule has 4 nitrogen and oxygen atoms in total. The van der Waals surface area contributed by atoms with E-state index in [4.69, 9.17) is 4.74 Å². The molecule has 118 valence electrons. The van der Waals surface area contributed by atoms with E-state index in [1.165, 1.54) is 0 Å². The number of nitrogens with one attached hydrogen (secondary N) is 1. The highest BCUT2D eigenvalue weighted by molar-refractivity contribution is 7.09. The van der Waals surface area contributed by atoms with Gasteiger partial charge in [-0.25, -0.2) is 4.98 Å². The quantitative estimate of drug-likeness (QED) is 0.890. The van der Waals surface area contributed by atoms with Gasteiger partial charge in [0.25, 0.3) is 5.91 Å². The van der Waals surface area contributed by atoms with Gasteiger partial charge >= 0.3 is 0 Å². The Bertz CT molecular complexity index is 652. The summed E-state index contributed by atoms with van der Waals surface area (Å²) in [5.41, 5.74) is 3.25. The average molecular weight is 318 g/mol. The van der Waals surface area contributed by atoms with Crippen molar-refractivity contribution < 1.29 is 9.53 Å². The van der Waals surface area contributed by atoms with Crippen molar-refractivity contribution >= 4 is 17.2 Å². The summed E-state index contributed by atoms with van der Waals surface area (Å²) in [5.74, 6) is 0.658. The number of carbonyl (C=O) groups excluding carboxylic acids is 1. The molecule has 0 bridgehead atoms. The maximum atomic E-state index is 12.1. The third-order valence-electron chi connectivity index (χ3n) is 3.57. The number of aryl methyl sites for hydroxylation is 2. The van der Waals surface area contributed by atoms with Crippen molar-refractivity contribution in [3.63, 3.8) is 0 Å². The van der Waals surface area contributed by atoms with Gasteiger partial charge in [0, 0.05) is 18.3 Å². The lowest BCUT2D eigenvalue weighted by molar-refractivity contribution is -0.127. The first kappa shape index (κ1) is 16.5. The fraction of sp³-hybridized carbons (Fsp3) is 0.412. The number of benzene rings is 1. The Morgan fingerprint density at radius 3 is 2.82 bits per heavy atom. The third-order valence-corrected chi connectivity index (χ3v) is 4.40. The summed E-state index contributed by atoms with van der Waals surface area (Å²) in [5, 5.41) is 5.97. The molecule has 0 saturated carbocycles. The van der Waals surface area contributed by atoms with E-state index >= 15 is 0 Å². The predicted octanol–water partition coefficient (Wildman–Crippen LogP) is 3.19. The summed E-state index contributed by atoms with van der Waals surface area (Å²) >= 11 is 1.63. The second-order valence-corrected chi connectivity index (χ2v) is 6.42. The summed E-state index contributed by atoms with van der Waals surface area (Å²) in [6.07, 6.45) is 0.226. The molecule has 1 N–H and O–H groups in total. The van der Waals surface area contributed by atoms with Crippen LogP contribution in [-0.4, -0.2) is 23.5 Å². The van der Waals surface area contributed by atoms with E-state index in [0.717, 1.165) is 34.0 Å². The number of hydrogen-bond donors (Lipinski definition) is 1. The van der Waals surface area contributed by atoms with Gasteiger partial charge in [0.05, 0.1) is 10.7 Å². The number of aromatic nitrogens is 1. The lowest BCUT2D eigenvalue weighted by atomic mass is 10.1. The first-order valence-electron chi connectivity index (χ1n) is 7.39. The van der Waals surface area contributed by atoms with Crippen LogP contribution in [-0.2, 0) is 11.2 Å². The Labute approximate surface area is 135 Å². The van der Waals surface area contributed by atoms with Crippen molar-refractivity contribution in [2.24, 2.45) is 0 Å². The van der Waals surface area contributed by atoms with Crippen LogP contribution in [0.4, 0.5) is 0 Å². The number of ether oxygens (including phenoxy) is 1. The van der Waals surface area contributed by atoms with Crippen molar-refractivity contribution in [1.29, 1.82) is 0 Å². The molecule has 22 heavy (non-hydrogen) atoms. The standard InChI is InChI=1S/C17H22N2O2S/c1-11-6-5-7-16(12(11)2)21-13(3)17(20)18-9-8-15-10-22-14(4)19-15/h5-7,10,13H,8-9H2,1-4H3,(H,18,20). The second-order valence-electron chi connectivity index (χ2n) is 5.36. The zero-order valence-electron chi connectivity index (χ0n) is 13.5. The smallest absolute Gasteiger partial charge is 0.260 e. The van der Waals surface area contributed by atoms with E-state index < -0.39 is 6.10 Å². The van der Waals surface area contributed by atoms with Crippen LogP contribution in [0.15, 0.2) is 23.6 Å². The molecule has 1 atom stereocenters. The van der Waals surface area contributed by atoms with E-state index in [9.17, 15) is 4.79 Å². The molecule has 0 spiro atoms. The Balaban J connectivity index is 1.83. The van der Waals surface area contributed by atoms with Crippen LogP contribution in [0.2, 0.25) is 0 Å². The molecule has 2 aromatic rings. The van der Waals surface area contributed by atoms with E-state index in [1.54, 1.807) is 18.3 Å². The molecule has 1 aromatic carbocycles. The van der Waals surface area contributed by atoms with Crippen LogP contribution in [0.5, 0.6) is 5.75 Å². The molecule has 0 fully saturated rings. The van der Waals surface area contributed by atoms with E-state index in [0.29, 0.717) is 6.54 Å². The van der Waals surface area contributed by atoms with Crippen molar-refractivity contribution in [3.05, 3.63) is 45.4 Å². The molecule has 1 unspecified atom stereocenters. The molecule has 0 aliphatic carbocycles. The number of carbonyl (C=O) groups is 1. The Morgan fingerprint density at radius 1 is 1.36 bits per heavy atom. The summed E-state index contributed by atoms with van der Waals surface area (Å²) in [6.45, 7) is 8.35. The zero-order valence-corrected chi connectivity index (χ0v) is 14.3. The Morgan fingerprint density at radius 2 is 2.14 bits per heavy atom. The van der Waals surface area contributed by atoms with Crippen LogP contribution in [0.25, 0.3) is 0 Å². The summed E-state index contributed by atoms with van der Waals surface area (Å²) < 4.78 is 5.77. The average Bonchev–Trinajstić information content (AvgIpc) is 2.89. The minimum Gasteiger partial charge on any atom is -0.481 e. The normalized spacial score (nSPS) is 12.0. The number of hydrogen-bond acceptors (Lipinski definition) is 4. The van der Waals surface area contributed by atoms with Crippen molar-refractivity contribution in [2.75, 3.05) is 6.54 Å². The van der Waals surface area contributed by atoms with Gasteiger partial charge in [-0.05, 0) is 44.9 Å². The first-order chi connectivity index (χ1) is 10.5. The first-order valence-corrected chi connectivity index (χ1v) is 8.27. The molecule has 0 aliphatic rings. The van der Waals surface area contributed by atoms with Gasteiger partial charge < -0.3 is 10.1 Å². The summed E-state index contributed by atoms with van der Waals surface area (Å²) in [7, 11) is 0. The van der Waals surface area contributed by atoms with E-state index in [1.807, 2.05) is 44.4 Å². The Hall–Kier alpha value is -1.88. The molecule has 0 saturated heterocycles. The number of nitrogens with zero attached hydrogens (tertiary/aromatic N) is 1. The van der Waals surface area contributed by atoms with Crippen LogP contribution in [0.3, 0.4) is 0 Å². The largest absolute Gasteiger partial charge is 0.481 e. The molecule has 2 rings (SSSR count). The fourth-order valence-electron chi connectivity index (χ4n) is 2.08. The topological polar surface area (TPSA) is 51.2 Å². The van der Waals surface area contributed by atoms with Crippen LogP contribution in [0.1, 0.15) is 28.8 Å². The fourth-order valence-corrected chi connectivity index (χ4v) is 2.72. The highest BCUT2D eigenvalue weighted by Gasteiger charge is 2.15. The van der Waals surface area contributed by atoms with Crippen molar-refractivity contribution in [1.82, 2.24) is 10.3 Å². The van der Waals surface area contributed by atoms with Gasteiger partial charge in [-0.2, -0.15) is 0 Å². The number of rotatable bonds is 6. The molecule has 5 heteroatoms. The second kappa shape index (κ2) is 7.40. The predicted molar refractivity (Wildman–Crippen MR) is 89.6 cm³/mol.